The molecule has 0 bridgehead atoms. The van der Waals surface area contributed by atoms with Gasteiger partial charge in [0.2, 0.25) is 5.91 Å². The second-order valence-electron chi connectivity index (χ2n) is 4.70. The molecule has 0 fully saturated rings. The van der Waals surface area contributed by atoms with Crippen LogP contribution in [0.1, 0.15) is 17.6 Å². The molecular weight excluding hydrogens is 282 g/mol. The maximum Gasteiger partial charge on any atom is 0.247 e. The van der Waals surface area contributed by atoms with Gasteiger partial charge in [-0.3, -0.25) is 4.79 Å². The van der Waals surface area contributed by atoms with Crippen molar-refractivity contribution < 1.29 is 4.79 Å². The Bertz CT molecular complexity index is 787. The number of thiophene rings is 1. The summed E-state index contributed by atoms with van der Waals surface area (Å²) in [5.41, 5.74) is 1.71. The molecular formula is C16H15N3OS. The lowest BCUT2D eigenvalue weighted by Gasteiger charge is -2.05. The van der Waals surface area contributed by atoms with Crippen molar-refractivity contribution in [3.63, 3.8) is 0 Å². The largest absolute Gasteiger partial charge is 0.345 e. The molecule has 0 aliphatic rings. The number of nitrogens with zero attached hydrogens (tertiary/aromatic N) is 2. The average molecular weight is 297 g/mol. The number of amides is 1. The molecule has 5 heteroatoms. The number of imidazole rings is 1. The van der Waals surface area contributed by atoms with E-state index in [1.165, 1.54) is 0 Å². The third-order valence-corrected chi connectivity index (χ3v) is 4.00. The van der Waals surface area contributed by atoms with Gasteiger partial charge in [0.15, 0.2) is 0 Å². The van der Waals surface area contributed by atoms with Crippen molar-refractivity contribution in [2.75, 3.05) is 0 Å². The van der Waals surface area contributed by atoms with E-state index in [0.29, 0.717) is 12.1 Å². The summed E-state index contributed by atoms with van der Waals surface area (Å²) >= 11 is 1.61. The molecule has 0 saturated carbocycles. The maximum atomic E-state index is 12.1. The summed E-state index contributed by atoms with van der Waals surface area (Å²) in [6.45, 7) is 2.23. The minimum Gasteiger partial charge on any atom is -0.345 e. The Morgan fingerprint density at radius 3 is 3.10 bits per heavy atom. The molecule has 0 aliphatic carbocycles. The van der Waals surface area contributed by atoms with E-state index >= 15 is 0 Å². The van der Waals surface area contributed by atoms with E-state index in [-0.39, 0.29) is 5.91 Å². The summed E-state index contributed by atoms with van der Waals surface area (Å²) in [6.07, 6.45) is 5.64. The smallest absolute Gasteiger partial charge is 0.247 e. The lowest BCUT2D eigenvalue weighted by Crippen LogP contribution is -2.24. The van der Waals surface area contributed by atoms with Gasteiger partial charge < -0.3 is 9.72 Å². The number of hydrogen-bond acceptors (Lipinski definition) is 3. The highest BCUT2D eigenvalue weighted by atomic mass is 32.1. The summed E-state index contributed by atoms with van der Waals surface area (Å²) < 4.78 is 1.97. The first kappa shape index (κ1) is 13.6. The highest BCUT2D eigenvalue weighted by Crippen LogP contribution is 2.13. The Hall–Kier alpha value is -2.40. The van der Waals surface area contributed by atoms with Gasteiger partial charge in [0.1, 0.15) is 5.82 Å². The zero-order valence-corrected chi connectivity index (χ0v) is 12.4. The Morgan fingerprint density at radius 1 is 1.38 bits per heavy atom. The lowest BCUT2D eigenvalue weighted by atomic mass is 10.2. The van der Waals surface area contributed by atoms with Crippen molar-refractivity contribution in [3.8, 4) is 0 Å². The number of carbonyl (C=O) groups is 1. The normalized spacial score (nSPS) is 11.8. The summed E-state index contributed by atoms with van der Waals surface area (Å²) in [6, 6.07) is 9.86. The van der Waals surface area contributed by atoms with Gasteiger partial charge in [-0.2, -0.15) is 0 Å². The number of hydrogen-bond donors (Lipinski definition) is 1. The zero-order valence-electron chi connectivity index (χ0n) is 11.6. The maximum absolute atomic E-state index is 12.1. The molecule has 106 valence electrons. The van der Waals surface area contributed by atoms with E-state index in [9.17, 15) is 4.79 Å². The van der Waals surface area contributed by atoms with Gasteiger partial charge in [-0.05, 0) is 36.6 Å². The molecule has 1 amide bonds. The SMILES string of the molecule is C/C(=C\c1cccs1)C(=O)NCc1ncc2ccccn12. The first-order chi connectivity index (χ1) is 10.2. The van der Waals surface area contributed by atoms with E-state index < -0.39 is 0 Å². The summed E-state index contributed by atoms with van der Waals surface area (Å²) in [4.78, 5) is 17.5. The molecule has 0 unspecified atom stereocenters. The summed E-state index contributed by atoms with van der Waals surface area (Å²) in [5, 5.41) is 4.90. The number of aromatic nitrogens is 2. The van der Waals surface area contributed by atoms with Crippen molar-refractivity contribution in [1.29, 1.82) is 0 Å². The van der Waals surface area contributed by atoms with E-state index in [1.807, 2.05) is 59.3 Å². The minimum atomic E-state index is -0.0731. The fourth-order valence-electron chi connectivity index (χ4n) is 2.08. The fraction of sp³-hybridized carbons (Fsp3) is 0.125. The molecule has 0 spiro atoms. The highest BCUT2D eigenvalue weighted by molar-refractivity contribution is 7.10. The van der Waals surface area contributed by atoms with Gasteiger partial charge in [-0.25, -0.2) is 4.98 Å². The van der Waals surface area contributed by atoms with Crippen LogP contribution in [0, 0.1) is 0 Å². The molecule has 0 atom stereocenters. The van der Waals surface area contributed by atoms with Crippen molar-refractivity contribution in [3.05, 3.63) is 64.4 Å². The lowest BCUT2D eigenvalue weighted by molar-refractivity contribution is -0.117. The third kappa shape index (κ3) is 3.03. The van der Waals surface area contributed by atoms with Crippen LogP contribution in [0.5, 0.6) is 0 Å². The average Bonchev–Trinajstić information content (AvgIpc) is 3.14. The molecule has 3 aromatic rings. The van der Waals surface area contributed by atoms with Gasteiger partial charge in [0.25, 0.3) is 0 Å². The minimum absolute atomic E-state index is 0.0731. The molecule has 1 N–H and O–H groups in total. The molecule has 0 saturated heterocycles. The predicted octanol–water partition coefficient (Wildman–Crippen LogP) is 3.12. The van der Waals surface area contributed by atoms with Crippen LogP contribution in [0.4, 0.5) is 0 Å². The first-order valence-corrected chi connectivity index (χ1v) is 7.53. The van der Waals surface area contributed by atoms with E-state index in [1.54, 1.807) is 17.5 Å². The Balaban J connectivity index is 1.68. The highest BCUT2D eigenvalue weighted by Gasteiger charge is 2.07. The van der Waals surface area contributed by atoms with E-state index in [0.717, 1.165) is 16.2 Å². The van der Waals surface area contributed by atoms with Crippen LogP contribution in [-0.4, -0.2) is 15.3 Å². The van der Waals surface area contributed by atoms with Crippen LogP contribution >= 0.6 is 11.3 Å². The van der Waals surface area contributed by atoms with Crippen molar-refractivity contribution in [2.45, 2.75) is 13.5 Å². The number of carbonyl (C=O) groups excluding carboxylic acids is 1. The van der Waals surface area contributed by atoms with E-state index in [2.05, 4.69) is 10.3 Å². The van der Waals surface area contributed by atoms with Crippen LogP contribution in [0.15, 0.2) is 53.7 Å². The standard InChI is InChI=1S/C16H15N3OS/c1-12(9-14-6-4-8-21-14)16(20)18-11-15-17-10-13-5-2-3-7-19(13)15/h2-10H,11H2,1H3,(H,18,20)/b12-9+. The topological polar surface area (TPSA) is 46.4 Å². The predicted molar refractivity (Wildman–Crippen MR) is 85.0 cm³/mol. The number of rotatable bonds is 4. The van der Waals surface area contributed by atoms with Crippen LogP contribution in [0.2, 0.25) is 0 Å². The number of fused-ring (bicyclic) bond motifs is 1. The van der Waals surface area contributed by atoms with Crippen molar-refractivity contribution in [1.82, 2.24) is 14.7 Å². The molecule has 0 aromatic carbocycles. The Kier molecular flexibility index (Phi) is 3.83. The molecule has 0 radical (unpaired) electrons. The van der Waals surface area contributed by atoms with Crippen LogP contribution in [0.25, 0.3) is 11.6 Å². The van der Waals surface area contributed by atoms with Gasteiger partial charge in [0, 0.05) is 16.6 Å². The second-order valence-corrected chi connectivity index (χ2v) is 5.67. The summed E-state index contributed by atoms with van der Waals surface area (Å²) in [7, 11) is 0. The van der Waals surface area contributed by atoms with E-state index in [4.69, 9.17) is 0 Å². The molecule has 0 aliphatic heterocycles. The monoisotopic (exact) mass is 297 g/mol. The molecule has 3 aromatic heterocycles. The molecule has 4 nitrogen and oxygen atoms in total. The van der Waals surface area contributed by atoms with Crippen molar-refractivity contribution >= 4 is 28.8 Å². The van der Waals surface area contributed by atoms with Crippen LogP contribution in [-0.2, 0) is 11.3 Å². The zero-order chi connectivity index (χ0) is 14.7. The van der Waals surface area contributed by atoms with Crippen LogP contribution in [0.3, 0.4) is 0 Å². The molecule has 21 heavy (non-hydrogen) atoms. The fourth-order valence-corrected chi connectivity index (χ4v) is 2.80. The Morgan fingerprint density at radius 2 is 2.29 bits per heavy atom. The van der Waals surface area contributed by atoms with Gasteiger partial charge in [0.05, 0.1) is 18.3 Å². The third-order valence-electron chi connectivity index (χ3n) is 3.18. The van der Waals surface area contributed by atoms with Crippen molar-refractivity contribution in [2.24, 2.45) is 0 Å². The molecule has 3 rings (SSSR count). The van der Waals surface area contributed by atoms with Gasteiger partial charge in [-0.15, -0.1) is 11.3 Å². The second kappa shape index (κ2) is 5.93. The van der Waals surface area contributed by atoms with Crippen LogP contribution < -0.4 is 5.32 Å². The number of nitrogens with one attached hydrogen (secondary N) is 1. The quantitative estimate of drug-likeness (QED) is 0.752. The van der Waals surface area contributed by atoms with Gasteiger partial charge >= 0.3 is 0 Å². The summed E-state index contributed by atoms with van der Waals surface area (Å²) in [5.74, 6) is 0.749. The first-order valence-electron chi connectivity index (χ1n) is 6.65. The number of pyridine rings is 1. The molecule has 3 heterocycles. The Labute approximate surface area is 126 Å². The van der Waals surface area contributed by atoms with Gasteiger partial charge in [-0.1, -0.05) is 12.1 Å².